The van der Waals surface area contributed by atoms with Gasteiger partial charge in [0.05, 0.1) is 17.5 Å². The number of Topliss-reactive ketones (excluding diaryl/α,β-unsaturated/α-hetero) is 1. The summed E-state index contributed by atoms with van der Waals surface area (Å²) in [5.41, 5.74) is 1.24. The van der Waals surface area contributed by atoms with Gasteiger partial charge < -0.3 is 10.4 Å². The Bertz CT molecular complexity index is 597. The largest absolute Gasteiger partial charge is 0.391 e. The molecule has 2 unspecified atom stereocenters. The van der Waals surface area contributed by atoms with Gasteiger partial charge in [0.15, 0.2) is 5.78 Å². The maximum atomic E-state index is 12.2. The number of fused-ring (bicyclic) bond motifs is 1. The van der Waals surface area contributed by atoms with Crippen molar-refractivity contribution in [2.45, 2.75) is 6.10 Å². The molecule has 1 aliphatic heterocycles. The Morgan fingerprint density at radius 2 is 2.06 bits per heavy atom. The highest BCUT2D eigenvalue weighted by Crippen LogP contribution is 2.18. The first-order chi connectivity index (χ1) is 8.75. The Balaban J connectivity index is 1.96. The Morgan fingerprint density at radius 3 is 2.83 bits per heavy atom. The highest BCUT2D eigenvalue weighted by Gasteiger charge is 2.32. The highest BCUT2D eigenvalue weighted by molar-refractivity contribution is 5.98. The first-order valence-corrected chi connectivity index (χ1v) is 6.04. The van der Waals surface area contributed by atoms with Crippen molar-refractivity contribution in [3.63, 3.8) is 0 Å². The summed E-state index contributed by atoms with van der Waals surface area (Å²) in [7, 11) is 0. The van der Waals surface area contributed by atoms with Gasteiger partial charge in [-0.1, -0.05) is 24.3 Å². The molecule has 18 heavy (non-hydrogen) atoms. The van der Waals surface area contributed by atoms with Crippen molar-refractivity contribution in [1.82, 2.24) is 10.3 Å². The van der Waals surface area contributed by atoms with E-state index in [4.69, 9.17) is 0 Å². The first kappa shape index (κ1) is 11.3. The molecular formula is C14H14N2O2. The molecule has 4 nitrogen and oxygen atoms in total. The van der Waals surface area contributed by atoms with Crippen LogP contribution in [0.4, 0.5) is 0 Å². The Labute approximate surface area is 105 Å². The molecule has 0 bridgehead atoms. The molecule has 1 aromatic heterocycles. The van der Waals surface area contributed by atoms with E-state index in [9.17, 15) is 9.90 Å². The summed E-state index contributed by atoms with van der Waals surface area (Å²) in [6.07, 6.45) is -0.606. The zero-order chi connectivity index (χ0) is 12.5. The number of ketones is 1. The lowest BCUT2D eigenvalue weighted by atomic mass is 9.98. The van der Waals surface area contributed by atoms with E-state index in [1.54, 1.807) is 6.07 Å². The van der Waals surface area contributed by atoms with Gasteiger partial charge in [-0.3, -0.25) is 4.79 Å². The molecule has 0 amide bonds. The van der Waals surface area contributed by atoms with E-state index < -0.39 is 6.10 Å². The minimum Gasteiger partial charge on any atom is -0.391 e. The summed E-state index contributed by atoms with van der Waals surface area (Å²) in [5, 5.41) is 13.7. The van der Waals surface area contributed by atoms with Crippen molar-refractivity contribution in [3.8, 4) is 0 Å². The number of aliphatic hydroxyl groups is 1. The number of nitrogens with zero attached hydrogens (tertiary/aromatic N) is 1. The molecular weight excluding hydrogens is 228 g/mol. The number of para-hydroxylation sites is 1. The standard InChI is InChI=1S/C14H14N2O2/c17-13-8-15-7-10(13)14(18)12-6-5-9-3-1-2-4-11(9)16-12/h1-6,10,13,15,17H,7-8H2. The van der Waals surface area contributed by atoms with E-state index in [0.717, 1.165) is 10.9 Å². The molecule has 2 heterocycles. The van der Waals surface area contributed by atoms with Gasteiger partial charge in [0, 0.05) is 18.5 Å². The number of rotatable bonds is 2. The van der Waals surface area contributed by atoms with E-state index in [1.165, 1.54) is 0 Å². The van der Waals surface area contributed by atoms with Gasteiger partial charge in [-0.2, -0.15) is 0 Å². The van der Waals surface area contributed by atoms with Crippen LogP contribution in [0.5, 0.6) is 0 Å². The zero-order valence-electron chi connectivity index (χ0n) is 9.84. The molecule has 2 atom stereocenters. The Kier molecular flexibility index (Phi) is 2.81. The summed E-state index contributed by atoms with van der Waals surface area (Å²) in [6.45, 7) is 0.999. The molecule has 0 saturated carbocycles. The third-order valence-electron chi connectivity index (χ3n) is 3.37. The van der Waals surface area contributed by atoms with E-state index >= 15 is 0 Å². The van der Waals surface area contributed by atoms with Crippen LogP contribution in [0.25, 0.3) is 10.9 Å². The second-order valence-electron chi connectivity index (χ2n) is 4.59. The van der Waals surface area contributed by atoms with Crippen molar-refractivity contribution in [3.05, 3.63) is 42.1 Å². The summed E-state index contributed by atoms with van der Waals surface area (Å²) < 4.78 is 0. The van der Waals surface area contributed by atoms with E-state index in [2.05, 4.69) is 10.3 Å². The van der Waals surface area contributed by atoms with Crippen LogP contribution in [-0.4, -0.2) is 35.1 Å². The lowest BCUT2D eigenvalue weighted by Crippen LogP contribution is -2.27. The molecule has 3 rings (SSSR count). The Hall–Kier alpha value is -1.78. The predicted molar refractivity (Wildman–Crippen MR) is 68.4 cm³/mol. The van der Waals surface area contributed by atoms with Gasteiger partial charge in [-0.25, -0.2) is 4.98 Å². The van der Waals surface area contributed by atoms with Gasteiger partial charge in [0.25, 0.3) is 0 Å². The fourth-order valence-electron chi connectivity index (χ4n) is 2.33. The average molecular weight is 242 g/mol. The Morgan fingerprint density at radius 1 is 1.22 bits per heavy atom. The lowest BCUT2D eigenvalue weighted by molar-refractivity contribution is 0.0788. The minimum absolute atomic E-state index is 0.0850. The number of pyridine rings is 1. The molecule has 0 radical (unpaired) electrons. The average Bonchev–Trinajstić information content (AvgIpc) is 2.83. The molecule has 0 spiro atoms. The van der Waals surface area contributed by atoms with Crippen LogP contribution in [0.15, 0.2) is 36.4 Å². The predicted octanol–water partition coefficient (Wildman–Crippen LogP) is 0.998. The zero-order valence-corrected chi connectivity index (χ0v) is 9.84. The number of benzene rings is 1. The maximum Gasteiger partial charge on any atom is 0.188 e. The van der Waals surface area contributed by atoms with Crippen molar-refractivity contribution in [1.29, 1.82) is 0 Å². The van der Waals surface area contributed by atoms with E-state index in [0.29, 0.717) is 18.8 Å². The fourth-order valence-corrected chi connectivity index (χ4v) is 2.33. The number of carbonyl (C=O) groups excluding carboxylic acids is 1. The molecule has 1 aliphatic rings. The van der Waals surface area contributed by atoms with Crippen LogP contribution in [0.3, 0.4) is 0 Å². The van der Waals surface area contributed by atoms with Crippen LogP contribution in [0.2, 0.25) is 0 Å². The molecule has 4 heteroatoms. The second-order valence-corrected chi connectivity index (χ2v) is 4.59. The van der Waals surface area contributed by atoms with Crippen LogP contribution in [-0.2, 0) is 0 Å². The van der Waals surface area contributed by atoms with Crippen LogP contribution in [0.1, 0.15) is 10.5 Å². The molecule has 2 N–H and O–H groups in total. The van der Waals surface area contributed by atoms with Crippen LogP contribution < -0.4 is 5.32 Å². The number of nitrogens with one attached hydrogen (secondary N) is 1. The van der Waals surface area contributed by atoms with Gasteiger partial charge in [-0.15, -0.1) is 0 Å². The summed E-state index contributed by atoms with van der Waals surface area (Å²) in [6, 6.07) is 11.3. The van der Waals surface area contributed by atoms with Gasteiger partial charge >= 0.3 is 0 Å². The number of carbonyl (C=O) groups is 1. The maximum absolute atomic E-state index is 12.2. The number of aromatic nitrogens is 1. The summed E-state index contributed by atoms with van der Waals surface area (Å²) in [5.74, 6) is -0.461. The minimum atomic E-state index is -0.606. The SMILES string of the molecule is O=C(c1ccc2ccccc2n1)C1CNCC1O. The molecule has 0 aliphatic carbocycles. The summed E-state index contributed by atoms with van der Waals surface area (Å²) in [4.78, 5) is 16.6. The number of hydrogen-bond acceptors (Lipinski definition) is 4. The van der Waals surface area contributed by atoms with Crippen molar-refractivity contribution < 1.29 is 9.90 Å². The molecule has 2 aromatic rings. The number of β-amino-alcohol motifs (C(OH)–C–C–N with tert-alkyl or cyclic N) is 1. The van der Waals surface area contributed by atoms with Crippen molar-refractivity contribution in [2.24, 2.45) is 5.92 Å². The lowest BCUT2D eigenvalue weighted by Gasteiger charge is -2.11. The molecule has 92 valence electrons. The van der Waals surface area contributed by atoms with Crippen LogP contribution in [0, 0.1) is 5.92 Å². The highest BCUT2D eigenvalue weighted by atomic mass is 16.3. The topological polar surface area (TPSA) is 62.2 Å². The second kappa shape index (κ2) is 4.48. The molecule has 1 fully saturated rings. The monoisotopic (exact) mass is 242 g/mol. The van der Waals surface area contributed by atoms with Gasteiger partial charge in [-0.05, 0) is 12.1 Å². The smallest absolute Gasteiger partial charge is 0.188 e. The van der Waals surface area contributed by atoms with Gasteiger partial charge in [0.2, 0.25) is 0 Å². The van der Waals surface area contributed by atoms with E-state index in [-0.39, 0.29) is 11.7 Å². The quantitative estimate of drug-likeness (QED) is 0.771. The number of hydrogen-bond donors (Lipinski definition) is 2. The summed E-state index contributed by atoms with van der Waals surface area (Å²) >= 11 is 0. The first-order valence-electron chi connectivity index (χ1n) is 6.04. The normalized spacial score (nSPS) is 23.4. The van der Waals surface area contributed by atoms with Gasteiger partial charge in [0.1, 0.15) is 5.69 Å². The molecule has 1 saturated heterocycles. The van der Waals surface area contributed by atoms with Crippen molar-refractivity contribution in [2.75, 3.05) is 13.1 Å². The fraction of sp³-hybridized carbons (Fsp3) is 0.286. The van der Waals surface area contributed by atoms with E-state index in [1.807, 2.05) is 30.3 Å². The third kappa shape index (κ3) is 1.89. The number of aliphatic hydroxyl groups excluding tert-OH is 1. The van der Waals surface area contributed by atoms with Crippen LogP contribution >= 0.6 is 0 Å². The third-order valence-corrected chi connectivity index (χ3v) is 3.37. The molecule has 1 aromatic carbocycles. The van der Waals surface area contributed by atoms with Crippen molar-refractivity contribution >= 4 is 16.7 Å².